The van der Waals surface area contributed by atoms with Gasteiger partial charge in [0.05, 0.1) is 31.6 Å². The lowest BCUT2D eigenvalue weighted by Gasteiger charge is -2.30. The number of allylic oxidation sites excluding steroid dienone is 4. The Morgan fingerprint density at radius 3 is 2.44 bits per heavy atom. The summed E-state index contributed by atoms with van der Waals surface area (Å²) in [5.41, 5.74) is 1.72. The van der Waals surface area contributed by atoms with Crippen LogP contribution in [-0.2, 0) is 11.2 Å². The maximum Gasteiger partial charge on any atom is 0.416 e. The molecule has 3 rings (SSSR count). The highest BCUT2D eigenvalue weighted by Gasteiger charge is 2.38. The summed E-state index contributed by atoms with van der Waals surface area (Å²) in [5.74, 6) is -0.155. The first-order chi connectivity index (χ1) is 15.2. The molecule has 0 amide bonds. The Kier molecular flexibility index (Phi) is 8.73. The van der Waals surface area contributed by atoms with Gasteiger partial charge >= 0.3 is 6.18 Å². The topological polar surface area (TPSA) is 38.8 Å². The number of benzene rings is 1. The highest BCUT2D eigenvalue weighted by atomic mass is 19.4. The van der Waals surface area contributed by atoms with Gasteiger partial charge in [-0.15, -0.1) is 0 Å². The van der Waals surface area contributed by atoms with E-state index in [1.807, 2.05) is 19.9 Å². The van der Waals surface area contributed by atoms with Gasteiger partial charge in [-0.05, 0) is 48.6 Å². The predicted molar refractivity (Wildman–Crippen MR) is 122 cm³/mol. The number of hydrogen-bond donors (Lipinski definition) is 0. The first kappa shape index (κ1) is 25.7. The molecule has 1 unspecified atom stereocenters. The average Bonchev–Trinajstić information content (AvgIpc) is 3.11. The molecular weight excluding hydrogens is 419 g/mol. The monoisotopic (exact) mass is 451 g/mol. The molecule has 0 aromatic heterocycles. The molecule has 1 atom stereocenters. The number of anilines is 1. The third kappa shape index (κ3) is 5.44. The lowest BCUT2D eigenvalue weighted by atomic mass is 9.89. The van der Waals surface area contributed by atoms with Crippen LogP contribution < -0.4 is 9.64 Å². The first-order valence-electron chi connectivity index (χ1n) is 10.8. The molecule has 0 radical (unpaired) electrons. The van der Waals surface area contributed by atoms with Crippen LogP contribution in [0.3, 0.4) is 0 Å². The van der Waals surface area contributed by atoms with Gasteiger partial charge in [-0.25, -0.2) is 0 Å². The Labute approximate surface area is 188 Å². The SMILES string of the molecule is C=C/C(C)=C(/CC1Cc2cc(N3CCOCC3)c(OC)cc2C1=O)C(=C)C(F)(F)F.CC. The van der Waals surface area contributed by atoms with Crippen LogP contribution in [0.1, 0.15) is 43.1 Å². The number of Topliss-reactive ketones (excluding diaryl/α,β-unsaturated/α-hetero) is 1. The average molecular weight is 452 g/mol. The third-order valence-corrected chi connectivity index (χ3v) is 5.80. The molecule has 0 saturated carbocycles. The summed E-state index contributed by atoms with van der Waals surface area (Å²) in [5, 5.41) is 0. The normalized spacial score (nSPS) is 18.9. The van der Waals surface area contributed by atoms with E-state index in [0.29, 0.717) is 49.6 Å². The van der Waals surface area contributed by atoms with Crippen LogP contribution in [0.5, 0.6) is 5.75 Å². The van der Waals surface area contributed by atoms with Crippen molar-refractivity contribution in [1.82, 2.24) is 0 Å². The molecule has 0 N–H and O–H groups in total. The second-order valence-electron chi connectivity index (χ2n) is 7.59. The zero-order chi connectivity index (χ0) is 24.1. The van der Waals surface area contributed by atoms with E-state index in [1.54, 1.807) is 20.1 Å². The summed E-state index contributed by atoms with van der Waals surface area (Å²) in [6, 6.07) is 3.64. The summed E-state index contributed by atoms with van der Waals surface area (Å²) < 4.78 is 50.8. The number of ether oxygens (including phenoxy) is 2. The van der Waals surface area contributed by atoms with Crippen LogP contribution in [0, 0.1) is 5.92 Å². The van der Waals surface area contributed by atoms with Crippen molar-refractivity contribution in [2.24, 2.45) is 5.92 Å². The van der Waals surface area contributed by atoms with Crippen molar-refractivity contribution < 1.29 is 27.4 Å². The number of methoxy groups -OCH3 is 1. The van der Waals surface area contributed by atoms with Crippen LogP contribution in [0.15, 0.2) is 48.1 Å². The number of morpholine rings is 1. The van der Waals surface area contributed by atoms with Crippen molar-refractivity contribution in [2.75, 3.05) is 38.3 Å². The summed E-state index contributed by atoms with van der Waals surface area (Å²) in [6.45, 7) is 15.0. The van der Waals surface area contributed by atoms with Crippen LogP contribution in [-0.4, -0.2) is 45.4 Å². The largest absolute Gasteiger partial charge is 0.495 e. The lowest BCUT2D eigenvalue weighted by molar-refractivity contribution is -0.0893. The Morgan fingerprint density at radius 2 is 1.91 bits per heavy atom. The van der Waals surface area contributed by atoms with Crippen molar-refractivity contribution in [3.8, 4) is 5.75 Å². The van der Waals surface area contributed by atoms with E-state index >= 15 is 0 Å². The molecule has 0 bridgehead atoms. The van der Waals surface area contributed by atoms with E-state index in [0.717, 1.165) is 11.3 Å². The minimum atomic E-state index is -4.55. The zero-order valence-electron chi connectivity index (χ0n) is 19.3. The third-order valence-electron chi connectivity index (χ3n) is 5.80. The fourth-order valence-corrected chi connectivity index (χ4v) is 4.03. The number of carbonyl (C=O) groups is 1. The minimum Gasteiger partial charge on any atom is -0.495 e. The number of nitrogens with zero attached hydrogens (tertiary/aromatic N) is 1. The van der Waals surface area contributed by atoms with Crippen molar-refractivity contribution >= 4 is 11.5 Å². The molecule has 1 aliphatic carbocycles. The van der Waals surface area contributed by atoms with Crippen LogP contribution in [0.25, 0.3) is 0 Å². The highest BCUT2D eigenvalue weighted by Crippen LogP contribution is 2.42. The second kappa shape index (κ2) is 10.9. The first-order valence-corrected chi connectivity index (χ1v) is 10.8. The number of ketones is 1. The minimum absolute atomic E-state index is 0.0289. The van der Waals surface area contributed by atoms with E-state index in [-0.39, 0.29) is 17.8 Å². The van der Waals surface area contributed by atoms with Gasteiger partial charge in [0.25, 0.3) is 0 Å². The van der Waals surface area contributed by atoms with Gasteiger partial charge in [0.15, 0.2) is 5.78 Å². The summed E-state index contributed by atoms with van der Waals surface area (Å²) in [7, 11) is 1.55. The molecule has 4 nitrogen and oxygen atoms in total. The molecule has 2 aliphatic rings. The molecule has 1 aromatic rings. The van der Waals surface area contributed by atoms with E-state index in [4.69, 9.17) is 9.47 Å². The molecule has 1 aromatic carbocycles. The molecule has 1 saturated heterocycles. The number of alkyl halides is 3. The van der Waals surface area contributed by atoms with Gasteiger partial charge in [0.2, 0.25) is 0 Å². The molecular formula is C25H32F3NO3. The molecule has 1 aliphatic heterocycles. The summed E-state index contributed by atoms with van der Waals surface area (Å²) in [4.78, 5) is 15.2. The lowest BCUT2D eigenvalue weighted by Crippen LogP contribution is -2.36. The maximum absolute atomic E-state index is 13.3. The fourth-order valence-electron chi connectivity index (χ4n) is 4.03. The highest BCUT2D eigenvalue weighted by molar-refractivity contribution is 6.03. The van der Waals surface area contributed by atoms with Crippen LogP contribution in [0.2, 0.25) is 0 Å². The van der Waals surface area contributed by atoms with Crippen molar-refractivity contribution in [3.05, 3.63) is 59.2 Å². The number of halogens is 3. The Morgan fingerprint density at radius 1 is 1.28 bits per heavy atom. The van der Waals surface area contributed by atoms with E-state index in [2.05, 4.69) is 18.1 Å². The van der Waals surface area contributed by atoms with Crippen molar-refractivity contribution in [3.63, 3.8) is 0 Å². The van der Waals surface area contributed by atoms with E-state index in [9.17, 15) is 18.0 Å². The Balaban J connectivity index is 0.00000176. The van der Waals surface area contributed by atoms with Gasteiger partial charge in [-0.2, -0.15) is 13.2 Å². The number of carbonyl (C=O) groups excluding carboxylic acids is 1. The number of fused-ring (bicyclic) bond motifs is 1. The molecule has 0 spiro atoms. The molecule has 176 valence electrons. The predicted octanol–water partition coefficient (Wildman–Crippen LogP) is 5.92. The standard InChI is InChI=1S/C23H26F3NO3.C2H6/c1-5-14(2)18(15(3)23(24,25)26)11-17-10-16-12-20(27-6-8-30-9-7-27)21(29-4)13-19(16)22(17)28;1-2/h5,12-13,17H,1,3,6-11H2,2,4H3;1-2H3/b18-14-;. The van der Waals surface area contributed by atoms with Gasteiger partial charge in [-0.1, -0.05) is 33.1 Å². The number of hydrogen-bond acceptors (Lipinski definition) is 4. The van der Waals surface area contributed by atoms with Crippen molar-refractivity contribution in [2.45, 2.75) is 39.8 Å². The van der Waals surface area contributed by atoms with E-state index < -0.39 is 17.7 Å². The molecule has 32 heavy (non-hydrogen) atoms. The summed E-state index contributed by atoms with van der Waals surface area (Å²) in [6.07, 6.45) is -2.83. The second-order valence-corrected chi connectivity index (χ2v) is 7.59. The molecule has 1 heterocycles. The quantitative estimate of drug-likeness (QED) is 0.503. The van der Waals surface area contributed by atoms with Crippen LogP contribution in [0.4, 0.5) is 18.9 Å². The molecule has 7 heteroatoms. The van der Waals surface area contributed by atoms with Gasteiger partial charge in [0, 0.05) is 24.6 Å². The van der Waals surface area contributed by atoms with Gasteiger partial charge in [-0.3, -0.25) is 4.79 Å². The molecule has 1 fully saturated rings. The maximum atomic E-state index is 13.3. The smallest absolute Gasteiger partial charge is 0.416 e. The van der Waals surface area contributed by atoms with Crippen LogP contribution >= 0.6 is 0 Å². The zero-order valence-corrected chi connectivity index (χ0v) is 19.3. The van der Waals surface area contributed by atoms with Gasteiger partial charge < -0.3 is 14.4 Å². The summed E-state index contributed by atoms with van der Waals surface area (Å²) >= 11 is 0. The number of rotatable bonds is 6. The van der Waals surface area contributed by atoms with Gasteiger partial charge in [0.1, 0.15) is 5.75 Å². The Bertz CT molecular complexity index is 896. The fraction of sp³-hybridized carbons (Fsp3) is 0.480. The van der Waals surface area contributed by atoms with Crippen molar-refractivity contribution in [1.29, 1.82) is 0 Å². The Hall–Kier alpha value is -2.54. The van der Waals surface area contributed by atoms with E-state index in [1.165, 1.54) is 6.08 Å².